The van der Waals surface area contributed by atoms with E-state index in [1.807, 2.05) is 0 Å². The summed E-state index contributed by atoms with van der Waals surface area (Å²) in [6.07, 6.45) is 4.06. The summed E-state index contributed by atoms with van der Waals surface area (Å²) in [4.78, 5) is 4.24. The van der Waals surface area contributed by atoms with Gasteiger partial charge in [-0.25, -0.2) is 0 Å². The zero-order chi connectivity index (χ0) is 18.4. The Kier molecular flexibility index (Phi) is 9.84. The van der Waals surface area contributed by atoms with Crippen molar-refractivity contribution in [1.82, 2.24) is 9.80 Å². The zero-order valence-corrected chi connectivity index (χ0v) is 18.1. The average Bonchev–Trinajstić information content (AvgIpc) is 3.25. The van der Waals surface area contributed by atoms with Crippen LogP contribution in [0.1, 0.15) is 41.7 Å². The fourth-order valence-corrected chi connectivity index (χ4v) is 2.55. The Morgan fingerprint density at radius 1 is 0.920 bits per heavy atom. The van der Waals surface area contributed by atoms with Crippen LogP contribution in [-0.2, 0) is 17.1 Å². The van der Waals surface area contributed by atoms with Gasteiger partial charge in [0.25, 0.3) is 0 Å². The van der Waals surface area contributed by atoms with E-state index in [0.717, 1.165) is 0 Å². The molecule has 0 saturated heterocycles. The van der Waals surface area contributed by atoms with Crippen molar-refractivity contribution in [3.63, 3.8) is 0 Å². The maximum atomic E-state index is 4.46. The second-order valence-corrected chi connectivity index (χ2v) is 6.36. The van der Waals surface area contributed by atoms with Crippen LogP contribution < -0.4 is 0 Å². The monoisotopic (exact) mass is 383 g/mol. The third-order valence-electron chi connectivity index (χ3n) is 5.12. The van der Waals surface area contributed by atoms with Gasteiger partial charge in [-0.3, -0.25) is 0 Å². The maximum Gasteiger partial charge on any atom is 3.00 e. The van der Waals surface area contributed by atoms with Crippen LogP contribution >= 0.6 is 0 Å². The quantitative estimate of drug-likeness (QED) is 0.457. The molecular weight excluding hydrogens is 352 g/mol. The Morgan fingerprint density at radius 2 is 1.36 bits per heavy atom. The maximum absolute atomic E-state index is 4.46. The molecule has 1 aromatic heterocycles. The van der Waals surface area contributed by atoms with E-state index in [9.17, 15) is 0 Å². The number of allylic oxidation sites excluding steroid dienone is 2. The molecular formula is C21H31FeN2O. The predicted molar refractivity (Wildman–Crippen MR) is 101 cm³/mol. The molecule has 1 aliphatic heterocycles. The fourth-order valence-electron chi connectivity index (χ4n) is 2.55. The minimum Gasteiger partial charge on any atom is -0.599 e. The van der Waals surface area contributed by atoms with Gasteiger partial charge in [-0.15, -0.1) is 6.07 Å². The fraction of sp³-hybridized carbons (Fsp3) is 0.429. The molecule has 0 N–H and O–H groups in total. The Hall–Kier alpha value is -1.51. The largest absolute Gasteiger partial charge is 3.00 e. The molecule has 0 aliphatic carbocycles. The number of nitrogens with zero attached hydrogens (tertiary/aromatic N) is 2. The Labute approximate surface area is 164 Å². The van der Waals surface area contributed by atoms with Crippen LogP contribution in [0.25, 0.3) is 0 Å². The molecule has 0 saturated carbocycles. The third-order valence-corrected chi connectivity index (χ3v) is 5.12. The van der Waals surface area contributed by atoms with Crippen LogP contribution in [0.5, 0.6) is 0 Å². The summed E-state index contributed by atoms with van der Waals surface area (Å²) < 4.78 is 4.46. The first kappa shape index (κ1) is 23.5. The standard InChI is InChI=1S/C10H15.C7H13N2.C4H3O.Fe/c1-6-7(2)9(4)10(5)8(6)3;1-6-7(2)9(4)5-8(6)3;1-2-4-5-3-1;/h1-5H3;5H,1-4H3;1-3H;/q3*-1;+3. The van der Waals surface area contributed by atoms with Gasteiger partial charge in [-0.2, -0.15) is 40.6 Å². The molecule has 3 rings (SSSR count). The SMILES string of the molecule is CC1=C(C)N(C)[CH-]N1C.Cc1c(C)c(C)[c-](C)c1C.[Fe+3].[c-]1ccco1. The molecule has 0 fully saturated rings. The molecule has 0 amide bonds. The van der Waals surface area contributed by atoms with Crippen molar-refractivity contribution in [3.05, 3.63) is 70.5 Å². The van der Waals surface area contributed by atoms with E-state index in [-0.39, 0.29) is 17.1 Å². The number of hydrogen-bond acceptors (Lipinski definition) is 3. The van der Waals surface area contributed by atoms with Crippen molar-refractivity contribution in [2.75, 3.05) is 14.1 Å². The molecule has 0 unspecified atom stereocenters. The summed E-state index contributed by atoms with van der Waals surface area (Å²) in [7, 11) is 4.12. The smallest absolute Gasteiger partial charge is 0.599 e. The van der Waals surface area contributed by atoms with Gasteiger partial charge in [0.05, 0.1) is 0 Å². The molecule has 1 radical (unpaired) electrons. The van der Waals surface area contributed by atoms with E-state index in [1.165, 1.54) is 39.2 Å². The average molecular weight is 383 g/mol. The van der Waals surface area contributed by atoms with Gasteiger partial charge in [0.2, 0.25) is 0 Å². The van der Waals surface area contributed by atoms with E-state index in [1.54, 1.807) is 18.4 Å². The summed E-state index contributed by atoms with van der Waals surface area (Å²) in [6, 6.07) is 3.49. The van der Waals surface area contributed by atoms with Crippen LogP contribution in [0.2, 0.25) is 0 Å². The molecule has 0 atom stereocenters. The first-order valence-electron chi connectivity index (χ1n) is 8.25. The minimum absolute atomic E-state index is 0. The van der Waals surface area contributed by atoms with Crippen LogP contribution in [0.3, 0.4) is 0 Å². The van der Waals surface area contributed by atoms with Crippen LogP contribution in [0, 0.1) is 47.6 Å². The summed E-state index contributed by atoms with van der Waals surface area (Å²) in [5.74, 6) is 0. The number of rotatable bonds is 0. The van der Waals surface area contributed by atoms with Crippen LogP contribution in [-0.4, -0.2) is 23.9 Å². The molecule has 1 aromatic carbocycles. The van der Waals surface area contributed by atoms with Crippen molar-refractivity contribution >= 4 is 0 Å². The topological polar surface area (TPSA) is 19.6 Å². The number of furan rings is 1. The summed E-state index contributed by atoms with van der Waals surface area (Å²) in [5, 5.41) is 0. The van der Waals surface area contributed by atoms with Gasteiger partial charge in [0.1, 0.15) is 0 Å². The van der Waals surface area contributed by atoms with Gasteiger partial charge < -0.3 is 14.2 Å². The Bertz CT molecular complexity index is 555. The molecule has 3 nitrogen and oxygen atoms in total. The van der Waals surface area contributed by atoms with Gasteiger partial charge in [0, 0.05) is 0 Å². The number of hydrogen-bond donors (Lipinski definition) is 0. The van der Waals surface area contributed by atoms with Gasteiger partial charge in [-0.1, -0.05) is 40.9 Å². The van der Waals surface area contributed by atoms with Crippen molar-refractivity contribution in [2.45, 2.75) is 48.5 Å². The Morgan fingerprint density at radius 3 is 1.48 bits per heavy atom. The van der Waals surface area contributed by atoms with Crippen molar-refractivity contribution in [2.24, 2.45) is 0 Å². The molecule has 139 valence electrons. The molecule has 0 spiro atoms. The van der Waals surface area contributed by atoms with Gasteiger partial charge in [-0.05, 0) is 45.6 Å². The van der Waals surface area contributed by atoms with Crippen LogP contribution in [0.15, 0.2) is 34.2 Å². The summed E-state index contributed by atoms with van der Waals surface area (Å²) in [5.41, 5.74) is 10.0. The predicted octanol–water partition coefficient (Wildman–Crippen LogP) is 5.26. The van der Waals surface area contributed by atoms with E-state index in [0.29, 0.717) is 0 Å². The summed E-state index contributed by atoms with van der Waals surface area (Å²) in [6.45, 7) is 17.3. The first-order chi connectivity index (χ1) is 11.2. The second kappa shape index (κ2) is 10.5. The molecule has 2 heterocycles. The first-order valence-corrected chi connectivity index (χ1v) is 8.25. The van der Waals surface area contributed by atoms with Crippen molar-refractivity contribution in [1.29, 1.82) is 0 Å². The zero-order valence-electron chi connectivity index (χ0n) is 17.0. The summed E-state index contributed by atoms with van der Waals surface area (Å²) >= 11 is 0. The minimum atomic E-state index is 0. The molecule has 2 aromatic rings. The van der Waals surface area contributed by atoms with Crippen molar-refractivity contribution in [3.8, 4) is 0 Å². The Balaban J connectivity index is 0.000000355. The third kappa shape index (κ3) is 6.05. The van der Waals surface area contributed by atoms with Crippen LogP contribution in [0.4, 0.5) is 0 Å². The normalized spacial score (nSPS) is 13.0. The molecule has 25 heavy (non-hydrogen) atoms. The van der Waals surface area contributed by atoms with Crippen molar-refractivity contribution < 1.29 is 21.5 Å². The van der Waals surface area contributed by atoms with E-state index >= 15 is 0 Å². The molecule has 0 bridgehead atoms. The molecule has 1 aliphatic rings. The van der Waals surface area contributed by atoms with Gasteiger partial charge >= 0.3 is 17.1 Å². The van der Waals surface area contributed by atoms with E-state index < -0.39 is 0 Å². The molecule has 4 heteroatoms. The second-order valence-electron chi connectivity index (χ2n) is 6.36. The van der Waals surface area contributed by atoms with Gasteiger partial charge in [0.15, 0.2) is 0 Å². The van der Waals surface area contributed by atoms with E-state index in [4.69, 9.17) is 0 Å². The van der Waals surface area contributed by atoms with E-state index in [2.05, 4.69) is 89.7 Å².